The van der Waals surface area contributed by atoms with Crippen LogP contribution < -0.4 is 10.6 Å². The molecule has 0 aromatic rings. The number of nitrogens with one attached hydrogen (secondary N) is 2. The molecule has 1 aliphatic carbocycles. The van der Waals surface area contributed by atoms with Gasteiger partial charge in [-0.3, -0.25) is 9.69 Å². The molecule has 4 nitrogen and oxygen atoms in total. The minimum atomic E-state index is 0.140. The molecule has 17 heavy (non-hydrogen) atoms. The van der Waals surface area contributed by atoms with Crippen molar-refractivity contribution in [3.63, 3.8) is 0 Å². The normalized spacial score (nSPS) is 23.4. The van der Waals surface area contributed by atoms with Gasteiger partial charge in [0.05, 0.1) is 6.54 Å². The maximum Gasteiger partial charge on any atom is 0.234 e. The van der Waals surface area contributed by atoms with E-state index in [9.17, 15) is 4.79 Å². The molecule has 1 saturated heterocycles. The van der Waals surface area contributed by atoms with Crippen molar-refractivity contribution in [2.24, 2.45) is 0 Å². The summed E-state index contributed by atoms with van der Waals surface area (Å²) >= 11 is 0. The summed E-state index contributed by atoms with van der Waals surface area (Å²) in [6.45, 7) is 5.86. The topological polar surface area (TPSA) is 44.4 Å². The fraction of sp³-hybridized carbons (Fsp3) is 0.923. The van der Waals surface area contributed by atoms with Crippen LogP contribution in [0.4, 0.5) is 0 Å². The number of rotatable bonds is 6. The van der Waals surface area contributed by atoms with Gasteiger partial charge in [0, 0.05) is 18.6 Å². The van der Waals surface area contributed by atoms with Gasteiger partial charge in [0.15, 0.2) is 0 Å². The number of amides is 1. The Kier molecular flexibility index (Phi) is 4.80. The lowest BCUT2D eigenvalue weighted by Gasteiger charge is -2.32. The van der Waals surface area contributed by atoms with Gasteiger partial charge >= 0.3 is 0 Å². The second kappa shape index (κ2) is 6.36. The third-order valence-electron chi connectivity index (χ3n) is 3.74. The molecule has 0 radical (unpaired) electrons. The summed E-state index contributed by atoms with van der Waals surface area (Å²) in [7, 11) is 0. The zero-order chi connectivity index (χ0) is 12.1. The molecule has 0 aromatic heterocycles. The highest BCUT2D eigenvalue weighted by molar-refractivity contribution is 5.78. The van der Waals surface area contributed by atoms with Gasteiger partial charge in [-0.15, -0.1) is 0 Å². The van der Waals surface area contributed by atoms with Gasteiger partial charge in [0.2, 0.25) is 5.91 Å². The molecule has 2 N–H and O–H groups in total. The van der Waals surface area contributed by atoms with Gasteiger partial charge in [-0.25, -0.2) is 0 Å². The fourth-order valence-electron chi connectivity index (χ4n) is 2.34. The quantitative estimate of drug-likeness (QED) is 0.718. The first-order valence-electron chi connectivity index (χ1n) is 7.00. The minimum absolute atomic E-state index is 0.140. The largest absolute Gasteiger partial charge is 0.353 e. The molecule has 0 spiro atoms. The lowest BCUT2D eigenvalue weighted by atomic mass is 10.1. The van der Waals surface area contributed by atoms with Crippen LogP contribution in [0.15, 0.2) is 0 Å². The van der Waals surface area contributed by atoms with Crippen LogP contribution in [0.2, 0.25) is 0 Å². The van der Waals surface area contributed by atoms with Crippen molar-refractivity contribution in [1.29, 1.82) is 0 Å². The molecule has 1 heterocycles. The van der Waals surface area contributed by atoms with E-state index in [1.54, 1.807) is 0 Å². The van der Waals surface area contributed by atoms with Gasteiger partial charge < -0.3 is 10.6 Å². The summed E-state index contributed by atoms with van der Waals surface area (Å²) in [5, 5.41) is 6.25. The first-order chi connectivity index (χ1) is 8.25. The number of carbonyl (C=O) groups is 1. The average Bonchev–Trinajstić information content (AvgIpc) is 3.18. The Bertz CT molecular complexity index is 247. The lowest BCUT2D eigenvalue weighted by molar-refractivity contribution is -0.120. The third kappa shape index (κ3) is 4.64. The number of nitrogens with zero attached hydrogens (tertiary/aromatic N) is 1. The standard InChI is InChI=1S/C13H25N3O/c1-11(16-7-3-2-4-8-16)9-15-13(17)10-14-12-5-6-12/h11-12,14H,2-10H2,1H3,(H,15,17). The van der Waals surface area contributed by atoms with Crippen LogP contribution in [0.1, 0.15) is 39.0 Å². The van der Waals surface area contributed by atoms with E-state index < -0.39 is 0 Å². The van der Waals surface area contributed by atoms with Gasteiger partial charge in [-0.1, -0.05) is 6.42 Å². The van der Waals surface area contributed by atoms with E-state index in [0.717, 1.165) is 6.54 Å². The van der Waals surface area contributed by atoms with Crippen LogP contribution in [0, 0.1) is 0 Å². The Morgan fingerprint density at radius 1 is 1.29 bits per heavy atom. The van der Waals surface area contributed by atoms with Crippen LogP contribution >= 0.6 is 0 Å². The highest BCUT2D eigenvalue weighted by atomic mass is 16.1. The van der Waals surface area contributed by atoms with Gasteiger partial charge in [-0.05, 0) is 45.7 Å². The van der Waals surface area contributed by atoms with E-state index in [4.69, 9.17) is 0 Å². The number of piperidine rings is 1. The van der Waals surface area contributed by atoms with Crippen molar-refractivity contribution in [3.8, 4) is 0 Å². The van der Waals surface area contributed by atoms with Crippen LogP contribution in [-0.2, 0) is 4.79 Å². The van der Waals surface area contributed by atoms with Crippen LogP contribution in [-0.4, -0.2) is 49.1 Å². The predicted molar refractivity (Wildman–Crippen MR) is 68.9 cm³/mol. The predicted octanol–water partition coefficient (Wildman–Crippen LogP) is 0.729. The third-order valence-corrected chi connectivity index (χ3v) is 3.74. The van der Waals surface area contributed by atoms with Gasteiger partial charge in [-0.2, -0.15) is 0 Å². The summed E-state index contributed by atoms with van der Waals surface area (Å²) in [6.07, 6.45) is 6.44. The Labute approximate surface area is 104 Å². The minimum Gasteiger partial charge on any atom is -0.353 e. The molecule has 1 aliphatic heterocycles. The first kappa shape index (κ1) is 12.8. The Morgan fingerprint density at radius 3 is 2.65 bits per heavy atom. The molecule has 2 rings (SSSR count). The molecule has 1 atom stereocenters. The highest BCUT2D eigenvalue weighted by Crippen LogP contribution is 2.17. The molecule has 0 aromatic carbocycles. The van der Waals surface area contributed by atoms with Crippen molar-refractivity contribution in [2.75, 3.05) is 26.2 Å². The van der Waals surface area contributed by atoms with Crippen LogP contribution in [0.5, 0.6) is 0 Å². The molecular weight excluding hydrogens is 214 g/mol. The lowest BCUT2D eigenvalue weighted by Crippen LogP contribution is -2.46. The van der Waals surface area contributed by atoms with Crippen molar-refractivity contribution >= 4 is 5.91 Å². The molecule has 1 saturated carbocycles. The zero-order valence-electron chi connectivity index (χ0n) is 10.9. The fourth-order valence-corrected chi connectivity index (χ4v) is 2.34. The van der Waals surface area contributed by atoms with E-state index in [2.05, 4.69) is 22.5 Å². The molecule has 2 aliphatic rings. The molecular formula is C13H25N3O. The van der Waals surface area contributed by atoms with Crippen molar-refractivity contribution in [1.82, 2.24) is 15.5 Å². The summed E-state index contributed by atoms with van der Waals surface area (Å²) in [4.78, 5) is 14.1. The summed E-state index contributed by atoms with van der Waals surface area (Å²) in [5.74, 6) is 0.140. The van der Waals surface area contributed by atoms with E-state index >= 15 is 0 Å². The smallest absolute Gasteiger partial charge is 0.234 e. The number of hydrogen-bond acceptors (Lipinski definition) is 3. The van der Waals surface area contributed by atoms with E-state index in [1.165, 1.54) is 45.2 Å². The summed E-state index contributed by atoms with van der Waals surface area (Å²) < 4.78 is 0. The average molecular weight is 239 g/mol. The maximum absolute atomic E-state index is 11.6. The van der Waals surface area contributed by atoms with Crippen molar-refractivity contribution in [2.45, 2.75) is 51.1 Å². The number of likely N-dealkylation sites (tertiary alicyclic amines) is 1. The second-order valence-corrected chi connectivity index (χ2v) is 5.40. The monoisotopic (exact) mass is 239 g/mol. The van der Waals surface area contributed by atoms with Crippen LogP contribution in [0.3, 0.4) is 0 Å². The second-order valence-electron chi connectivity index (χ2n) is 5.40. The van der Waals surface area contributed by atoms with Gasteiger partial charge in [0.1, 0.15) is 0 Å². The molecule has 1 unspecified atom stereocenters. The summed E-state index contributed by atoms with van der Waals surface area (Å²) in [6, 6.07) is 1.08. The molecule has 4 heteroatoms. The molecule has 98 valence electrons. The van der Waals surface area contributed by atoms with Gasteiger partial charge in [0.25, 0.3) is 0 Å². The summed E-state index contributed by atoms with van der Waals surface area (Å²) in [5.41, 5.74) is 0. The number of hydrogen-bond donors (Lipinski definition) is 2. The molecule has 0 bridgehead atoms. The Hall–Kier alpha value is -0.610. The number of carbonyl (C=O) groups excluding carboxylic acids is 1. The zero-order valence-corrected chi connectivity index (χ0v) is 10.9. The Balaban J connectivity index is 1.57. The van der Waals surface area contributed by atoms with Crippen molar-refractivity contribution in [3.05, 3.63) is 0 Å². The van der Waals surface area contributed by atoms with E-state index in [-0.39, 0.29) is 5.91 Å². The molecule has 1 amide bonds. The highest BCUT2D eigenvalue weighted by Gasteiger charge is 2.21. The van der Waals surface area contributed by atoms with Crippen molar-refractivity contribution < 1.29 is 4.79 Å². The SMILES string of the molecule is CC(CNC(=O)CNC1CC1)N1CCCCC1. The maximum atomic E-state index is 11.6. The van der Waals surface area contributed by atoms with E-state index in [1.807, 2.05) is 0 Å². The molecule has 2 fully saturated rings. The first-order valence-corrected chi connectivity index (χ1v) is 7.00. The Morgan fingerprint density at radius 2 is 2.00 bits per heavy atom. The van der Waals surface area contributed by atoms with Crippen LogP contribution in [0.25, 0.3) is 0 Å². The van der Waals surface area contributed by atoms with E-state index in [0.29, 0.717) is 18.6 Å².